The molecule has 0 spiro atoms. The Morgan fingerprint density at radius 1 is 0.923 bits per heavy atom. The molecule has 3 rings (SSSR count). The molecule has 1 unspecified atom stereocenters. The first-order valence-electron chi connectivity index (χ1n) is 8.38. The second-order valence-corrected chi connectivity index (χ2v) is 6.29. The van der Waals surface area contributed by atoms with Crippen molar-refractivity contribution in [3.8, 4) is 0 Å². The summed E-state index contributed by atoms with van der Waals surface area (Å²) in [6, 6.07) is 16.2. The fourth-order valence-electron chi connectivity index (χ4n) is 2.83. The third kappa shape index (κ3) is 4.12. The molecule has 0 radical (unpaired) electrons. The maximum atomic E-state index is 5.85. The van der Waals surface area contributed by atoms with Gasteiger partial charge in [0.05, 0.1) is 18.3 Å². The molecule has 0 fully saturated rings. The minimum Gasteiger partial charge on any atom is -0.368 e. The number of nitrogens with two attached hydrogens (primary N) is 1. The molecule has 0 aliphatic rings. The van der Waals surface area contributed by atoms with Gasteiger partial charge in [-0.1, -0.05) is 36.4 Å². The predicted molar refractivity (Wildman–Crippen MR) is 103 cm³/mol. The summed E-state index contributed by atoms with van der Waals surface area (Å²) in [5, 5.41) is 0. The predicted octanol–water partition coefficient (Wildman–Crippen LogP) is 2.14. The van der Waals surface area contributed by atoms with Crippen LogP contribution in [0.2, 0.25) is 0 Å². The summed E-state index contributed by atoms with van der Waals surface area (Å²) in [6.45, 7) is 0.518. The average molecular weight is 349 g/mol. The van der Waals surface area contributed by atoms with Gasteiger partial charge in [0.15, 0.2) is 0 Å². The van der Waals surface area contributed by atoms with E-state index in [1.54, 1.807) is 0 Å². The van der Waals surface area contributed by atoms with E-state index in [4.69, 9.17) is 5.73 Å². The minimum atomic E-state index is -0.0156. The monoisotopic (exact) mass is 349 g/mol. The van der Waals surface area contributed by atoms with Crippen LogP contribution in [0.1, 0.15) is 23.1 Å². The molecule has 0 amide bonds. The van der Waals surface area contributed by atoms with Crippen molar-refractivity contribution in [3.05, 3.63) is 71.8 Å². The van der Waals surface area contributed by atoms with Gasteiger partial charge < -0.3 is 10.6 Å². The van der Waals surface area contributed by atoms with Crippen molar-refractivity contribution >= 4 is 11.9 Å². The SMILES string of the molecule is CN(C)c1nc(N)nc(CN(C)C(c2ccccc2)c2ccccn2)n1. The maximum absolute atomic E-state index is 5.85. The molecule has 1 atom stereocenters. The number of pyridine rings is 1. The lowest BCUT2D eigenvalue weighted by molar-refractivity contribution is 0.259. The molecule has 7 nitrogen and oxygen atoms in total. The first kappa shape index (κ1) is 17.8. The van der Waals surface area contributed by atoms with Crippen LogP contribution in [-0.4, -0.2) is 46.0 Å². The van der Waals surface area contributed by atoms with Gasteiger partial charge in [0.2, 0.25) is 11.9 Å². The van der Waals surface area contributed by atoms with Crippen LogP contribution < -0.4 is 10.6 Å². The Morgan fingerprint density at radius 2 is 1.65 bits per heavy atom. The van der Waals surface area contributed by atoms with Crippen LogP contribution >= 0.6 is 0 Å². The summed E-state index contributed by atoms with van der Waals surface area (Å²) in [7, 11) is 5.79. The minimum absolute atomic E-state index is 0.0156. The third-order valence-electron chi connectivity index (χ3n) is 4.00. The molecular weight excluding hydrogens is 326 g/mol. The lowest BCUT2D eigenvalue weighted by Gasteiger charge is -2.27. The molecule has 2 heterocycles. The van der Waals surface area contributed by atoms with Crippen molar-refractivity contribution in [2.24, 2.45) is 0 Å². The number of hydrogen-bond donors (Lipinski definition) is 1. The van der Waals surface area contributed by atoms with Gasteiger partial charge in [0.25, 0.3) is 0 Å². The Bertz CT molecular complexity index is 798. The zero-order valence-electron chi connectivity index (χ0n) is 15.2. The summed E-state index contributed by atoms with van der Waals surface area (Å²) in [5.41, 5.74) is 7.98. The topological polar surface area (TPSA) is 84.1 Å². The summed E-state index contributed by atoms with van der Waals surface area (Å²) in [5.74, 6) is 1.40. The summed E-state index contributed by atoms with van der Waals surface area (Å²) >= 11 is 0. The molecule has 0 saturated carbocycles. The Morgan fingerprint density at radius 3 is 2.31 bits per heavy atom. The largest absolute Gasteiger partial charge is 0.368 e. The van der Waals surface area contributed by atoms with E-state index >= 15 is 0 Å². The third-order valence-corrected chi connectivity index (χ3v) is 4.00. The maximum Gasteiger partial charge on any atom is 0.229 e. The number of aromatic nitrogens is 4. The normalized spacial score (nSPS) is 12.2. The number of nitrogen functional groups attached to an aromatic ring is 1. The molecule has 3 aromatic rings. The van der Waals surface area contributed by atoms with E-state index in [1.807, 2.05) is 68.6 Å². The van der Waals surface area contributed by atoms with Crippen molar-refractivity contribution in [1.82, 2.24) is 24.8 Å². The van der Waals surface area contributed by atoms with E-state index < -0.39 is 0 Å². The smallest absolute Gasteiger partial charge is 0.229 e. The first-order valence-corrected chi connectivity index (χ1v) is 8.38. The quantitative estimate of drug-likeness (QED) is 0.730. The van der Waals surface area contributed by atoms with Crippen LogP contribution in [-0.2, 0) is 6.54 Å². The van der Waals surface area contributed by atoms with Crippen LogP contribution in [0, 0.1) is 0 Å². The molecule has 1 aromatic carbocycles. The van der Waals surface area contributed by atoms with Crippen LogP contribution in [0.4, 0.5) is 11.9 Å². The van der Waals surface area contributed by atoms with Gasteiger partial charge >= 0.3 is 0 Å². The number of rotatable bonds is 6. The molecule has 134 valence electrons. The fourth-order valence-corrected chi connectivity index (χ4v) is 2.83. The van der Waals surface area contributed by atoms with E-state index in [2.05, 4.69) is 37.0 Å². The summed E-state index contributed by atoms with van der Waals surface area (Å²) in [6.07, 6.45) is 1.81. The fraction of sp³-hybridized carbons (Fsp3) is 0.263. The van der Waals surface area contributed by atoms with Gasteiger partial charge in [-0.05, 0) is 24.7 Å². The van der Waals surface area contributed by atoms with Crippen molar-refractivity contribution in [2.75, 3.05) is 31.8 Å². The van der Waals surface area contributed by atoms with Crippen LogP contribution in [0.5, 0.6) is 0 Å². The lowest BCUT2D eigenvalue weighted by atomic mass is 10.0. The summed E-state index contributed by atoms with van der Waals surface area (Å²) in [4.78, 5) is 21.5. The van der Waals surface area contributed by atoms with Gasteiger partial charge in [0.1, 0.15) is 5.82 Å². The Kier molecular flexibility index (Phi) is 5.38. The molecular formula is C19H23N7. The Labute approximate surface area is 153 Å². The second-order valence-electron chi connectivity index (χ2n) is 6.29. The van der Waals surface area contributed by atoms with E-state index in [0.717, 1.165) is 11.3 Å². The van der Waals surface area contributed by atoms with E-state index in [0.29, 0.717) is 18.3 Å². The molecule has 2 aromatic heterocycles. The average Bonchev–Trinajstić information content (AvgIpc) is 2.63. The van der Waals surface area contributed by atoms with Crippen molar-refractivity contribution in [3.63, 3.8) is 0 Å². The van der Waals surface area contributed by atoms with E-state index in [9.17, 15) is 0 Å². The van der Waals surface area contributed by atoms with Crippen LogP contribution in [0.15, 0.2) is 54.7 Å². The highest BCUT2D eigenvalue weighted by Crippen LogP contribution is 2.27. The number of hydrogen-bond acceptors (Lipinski definition) is 7. The number of anilines is 2. The van der Waals surface area contributed by atoms with Crippen molar-refractivity contribution in [1.29, 1.82) is 0 Å². The standard InChI is InChI=1S/C19H23N7/c1-25(2)19-23-16(22-18(20)24-19)13-26(3)17(14-9-5-4-6-10-14)15-11-7-8-12-21-15/h4-12,17H,13H2,1-3H3,(H2,20,22,23,24). The van der Waals surface area contributed by atoms with Gasteiger partial charge in [-0.3, -0.25) is 9.88 Å². The van der Waals surface area contributed by atoms with Crippen molar-refractivity contribution < 1.29 is 0 Å². The van der Waals surface area contributed by atoms with Gasteiger partial charge in [-0.25, -0.2) is 0 Å². The highest BCUT2D eigenvalue weighted by atomic mass is 15.3. The molecule has 0 saturated heterocycles. The second kappa shape index (κ2) is 7.88. The molecule has 0 aliphatic carbocycles. The number of benzene rings is 1. The van der Waals surface area contributed by atoms with Gasteiger partial charge in [0, 0.05) is 20.3 Å². The van der Waals surface area contributed by atoms with E-state index in [1.165, 1.54) is 0 Å². The molecule has 0 aliphatic heterocycles. The van der Waals surface area contributed by atoms with Crippen LogP contribution in [0.25, 0.3) is 0 Å². The lowest BCUT2D eigenvalue weighted by Crippen LogP contribution is -2.27. The molecule has 2 N–H and O–H groups in total. The zero-order valence-corrected chi connectivity index (χ0v) is 15.2. The van der Waals surface area contributed by atoms with Gasteiger partial charge in [-0.15, -0.1) is 0 Å². The van der Waals surface area contributed by atoms with Crippen LogP contribution in [0.3, 0.4) is 0 Å². The van der Waals surface area contributed by atoms with Crippen molar-refractivity contribution in [2.45, 2.75) is 12.6 Å². The molecule has 26 heavy (non-hydrogen) atoms. The Hall–Kier alpha value is -3.06. The molecule has 0 bridgehead atoms. The number of nitrogens with zero attached hydrogens (tertiary/aromatic N) is 6. The van der Waals surface area contributed by atoms with E-state index in [-0.39, 0.29) is 12.0 Å². The zero-order chi connectivity index (χ0) is 18.5. The van der Waals surface area contributed by atoms with Gasteiger partial charge in [-0.2, -0.15) is 15.0 Å². The first-order chi connectivity index (χ1) is 12.5. The highest BCUT2D eigenvalue weighted by molar-refractivity contribution is 5.33. The molecule has 7 heteroatoms. The highest BCUT2D eigenvalue weighted by Gasteiger charge is 2.22. The Balaban J connectivity index is 1.93. The summed E-state index contributed by atoms with van der Waals surface area (Å²) < 4.78 is 0.